The molecular formula is C12H17N3O2S. The Kier molecular flexibility index (Phi) is 2.60. The molecule has 6 heteroatoms. The summed E-state index contributed by atoms with van der Waals surface area (Å²) in [5, 5.41) is 3.33. The second-order valence-electron chi connectivity index (χ2n) is 5.17. The molecule has 2 aliphatic rings. The summed E-state index contributed by atoms with van der Waals surface area (Å²) in [6.07, 6.45) is 4.86. The standard InChI is InChI=1S/C12H17N3O2S/c1-18(16,17)15-9-12(4-7-13-8-5-12)10-3-2-6-14-11(10)15/h2-3,6,13H,4-5,7-9H2,1H3. The monoisotopic (exact) mass is 267 g/mol. The van der Waals surface area contributed by atoms with Crippen LogP contribution in [0.4, 0.5) is 5.82 Å². The van der Waals surface area contributed by atoms with E-state index in [2.05, 4.69) is 10.3 Å². The number of fused-ring (bicyclic) bond motifs is 2. The van der Waals surface area contributed by atoms with Crippen LogP contribution in [0.3, 0.4) is 0 Å². The first kappa shape index (κ1) is 11.9. The van der Waals surface area contributed by atoms with Gasteiger partial charge in [-0.15, -0.1) is 0 Å². The van der Waals surface area contributed by atoms with Gasteiger partial charge in [0.05, 0.1) is 6.26 Å². The molecule has 3 heterocycles. The maximum Gasteiger partial charge on any atom is 0.233 e. The van der Waals surface area contributed by atoms with Crippen molar-refractivity contribution in [3.05, 3.63) is 23.9 Å². The highest BCUT2D eigenvalue weighted by atomic mass is 32.2. The number of pyridine rings is 1. The van der Waals surface area contributed by atoms with Crippen LogP contribution in [0.5, 0.6) is 0 Å². The number of aromatic nitrogens is 1. The molecule has 1 N–H and O–H groups in total. The second kappa shape index (κ2) is 3.93. The summed E-state index contributed by atoms with van der Waals surface area (Å²) < 4.78 is 25.3. The Balaban J connectivity index is 2.12. The number of piperidine rings is 1. The summed E-state index contributed by atoms with van der Waals surface area (Å²) in [6.45, 7) is 2.41. The number of nitrogens with one attached hydrogen (secondary N) is 1. The van der Waals surface area contributed by atoms with Gasteiger partial charge in [0, 0.05) is 23.7 Å². The average Bonchev–Trinajstić information content (AvgIpc) is 2.66. The van der Waals surface area contributed by atoms with Crippen LogP contribution in [0.1, 0.15) is 18.4 Å². The van der Waals surface area contributed by atoms with Crippen molar-refractivity contribution in [1.82, 2.24) is 10.3 Å². The molecule has 18 heavy (non-hydrogen) atoms. The van der Waals surface area contributed by atoms with Gasteiger partial charge in [0.1, 0.15) is 5.82 Å². The first-order valence-corrected chi connectivity index (χ1v) is 8.02. The van der Waals surface area contributed by atoms with Crippen molar-refractivity contribution in [2.75, 3.05) is 30.2 Å². The summed E-state index contributed by atoms with van der Waals surface area (Å²) in [5.74, 6) is 0.627. The summed E-state index contributed by atoms with van der Waals surface area (Å²) in [6, 6.07) is 3.92. The quantitative estimate of drug-likeness (QED) is 0.804. The van der Waals surface area contributed by atoms with Crippen molar-refractivity contribution in [1.29, 1.82) is 0 Å². The predicted molar refractivity (Wildman–Crippen MR) is 70.2 cm³/mol. The number of hydrogen-bond donors (Lipinski definition) is 1. The van der Waals surface area contributed by atoms with Gasteiger partial charge in [0.2, 0.25) is 10.0 Å². The minimum atomic E-state index is -3.24. The van der Waals surface area contributed by atoms with Crippen molar-refractivity contribution in [3.63, 3.8) is 0 Å². The van der Waals surface area contributed by atoms with Gasteiger partial charge in [0.25, 0.3) is 0 Å². The van der Waals surface area contributed by atoms with Gasteiger partial charge in [-0.25, -0.2) is 13.4 Å². The summed E-state index contributed by atoms with van der Waals surface area (Å²) >= 11 is 0. The van der Waals surface area contributed by atoms with Crippen LogP contribution in [0, 0.1) is 0 Å². The molecule has 1 spiro atoms. The Hall–Kier alpha value is -1.14. The molecule has 1 aromatic rings. The topological polar surface area (TPSA) is 62.3 Å². The van der Waals surface area contributed by atoms with Crippen LogP contribution in [-0.2, 0) is 15.4 Å². The summed E-state index contributed by atoms with van der Waals surface area (Å²) in [7, 11) is -3.24. The number of sulfonamides is 1. The van der Waals surface area contributed by atoms with E-state index in [-0.39, 0.29) is 5.41 Å². The Morgan fingerprint density at radius 1 is 1.39 bits per heavy atom. The fourth-order valence-corrected chi connectivity index (χ4v) is 3.99. The Labute approximate surface area is 107 Å². The van der Waals surface area contributed by atoms with Gasteiger partial charge in [-0.3, -0.25) is 4.31 Å². The van der Waals surface area contributed by atoms with Gasteiger partial charge < -0.3 is 5.32 Å². The van der Waals surface area contributed by atoms with E-state index in [0.29, 0.717) is 12.4 Å². The second-order valence-corrected chi connectivity index (χ2v) is 7.08. The molecule has 1 fully saturated rings. The summed E-state index contributed by atoms with van der Waals surface area (Å²) in [5.41, 5.74) is 1.05. The minimum Gasteiger partial charge on any atom is -0.317 e. The van der Waals surface area contributed by atoms with E-state index < -0.39 is 10.0 Å². The number of nitrogens with zero attached hydrogens (tertiary/aromatic N) is 2. The molecule has 0 saturated carbocycles. The van der Waals surface area contributed by atoms with Crippen LogP contribution in [0.25, 0.3) is 0 Å². The lowest BCUT2D eigenvalue weighted by atomic mass is 9.75. The lowest BCUT2D eigenvalue weighted by molar-refractivity contribution is 0.330. The molecule has 0 amide bonds. The highest BCUT2D eigenvalue weighted by Gasteiger charge is 2.46. The van der Waals surface area contributed by atoms with Crippen LogP contribution in [-0.4, -0.2) is 39.3 Å². The molecule has 2 aliphatic heterocycles. The molecule has 3 rings (SSSR count). The Morgan fingerprint density at radius 3 is 2.78 bits per heavy atom. The van der Waals surface area contributed by atoms with E-state index in [4.69, 9.17) is 0 Å². The van der Waals surface area contributed by atoms with E-state index in [1.165, 1.54) is 10.6 Å². The molecule has 98 valence electrons. The van der Waals surface area contributed by atoms with E-state index >= 15 is 0 Å². The third-order valence-corrected chi connectivity index (χ3v) is 5.10. The van der Waals surface area contributed by atoms with Gasteiger partial charge in [0.15, 0.2) is 0 Å². The van der Waals surface area contributed by atoms with Crippen molar-refractivity contribution in [3.8, 4) is 0 Å². The largest absolute Gasteiger partial charge is 0.317 e. The molecular weight excluding hydrogens is 250 g/mol. The molecule has 0 aromatic carbocycles. The van der Waals surface area contributed by atoms with Crippen LogP contribution >= 0.6 is 0 Å². The predicted octanol–water partition coefficient (Wildman–Crippen LogP) is 0.482. The van der Waals surface area contributed by atoms with Crippen LogP contribution in [0.15, 0.2) is 18.3 Å². The van der Waals surface area contributed by atoms with Gasteiger partial charge in [-0.05, 0) is 32.0 Å². The molecule has 1 aromatic heterocycles. The zero-order valence-electron chi connectivity index (χ0n) is 10.4. The molecule has 0 bridgehead atoms. The molecule has 0 aliphatic carbocycles. The highest BCUT2D eigenvalue weighted by Crippen LogP contribution is 2.45. The van der Waals surface area contributed by atoms with Crippen LogP contribution < -0.4 is 9.62 Å². The molecule has 0 atom stereocenters. The average molecular weight is 267 g/mol. The first-order valence-electron chi connectivity index (χ1n) is 6.17. The van der Waals surface area contributed by atoms with Crippen molar-refractivity contribution in [2.45, 2.75) is 18.3 Å². The molecule has 5 nitrogen and oxygen atoms in total. The number of hydrogen-bond acceptors (Lipinski definition) is 4. The van der Waals surface area contributed by atoms with Crippen molar-refractivity contribution < 1.29 is 8.42 Å². The fourth-order valence-electron chi connectivity index (χ4n) is 3.05. The molecule has 0 unspecified atom stereocenters. The zero-order chi connectivity index (χ0) is 12.8. The van der Waals surface area contributed by atoms with Crippen molar-refractivity contribution in [2.24, 2.45) is 0 Å². The third-order valence-electron chi connectivity index (χ3n) is 4.00. The number of anilines is 1. The van der Waals surface area contributed by atoms with Gasteiger partial charge in [-0.2, -0.15) is 0 Å². The lowest BCUT2D eigenvalue weighted by Gasteiger charge is -2.34. The SMILES string of the molecule is CS(=O)(=O)N1CC2(CCNCC2)c2cccnc21. The highest BCUT2D eigenvalue weighted by molar-refractivity contribution is 7.92. The zero-order valence-corrected chi connectivity index (χ0v) is 11.2. The minimum absolute atomic E-state index is 0.0437. The van der Waals surface area contributed by atoms with E-state index in [0.717, 1.165) is 31.5 Å². The maximum atomic E-state index is 11.9. The van der Waals surface area contributed by atoms with Gasteiger partial charge in [-0.1, -0.05) is 6.07 Å². The lowest BCUT2D eigenvalue weighted by Crippen LogP contribution is -2.44. The van der Waals surface area contributed by atoms with E-state index in [9.17, 15) is 8.42 Å². The van der Waals surface area contributed by atoms with Gasteiger partial charge >= 0.3 is 0 Å². The Bertz CT molecular complexity index is 564. The van der Waals surface area contributed by atoms with E-state index in [1.54, 1.807) is 6.20 Å². The molecule has 1 saturated heterocycles. The first-order chi connectivity index (χ1) is 8.53. The van der Waals surface area contributed by atoms with E-state index in [1.807, 2.05) is 12.1 Å². The Morgan fingerprint density at radius 2 is 2.11 bits per heavy atom. The van der Waals surface area contributed by atoms with Crippen LogP contribution in [0.2, 0.25) is 0 Å². The number of rotatable bonds is 1. The summed E-state index contributed by atoms with van der Waals surface area (Å²) in [4.78, 5) is 4.28. The normalized spacial score (nSPS) is 22.2. The smallest absolute Gasteiger partial charge is 0.233 e. The fraction of sp³-hybridized carbons (Fsp3) is 0.583. The van der Waals surface area contributed by atoms with Crippen molar-refractivity contribution >= 4 is 15.8 Å². The third kappa shape index (κ3) is 1.71. The molecule has 0 radical (unpaired) electrons. The maximum absolute atomic E-state index is 11.9.